The first kappa shape index (κ1) is 17.9. The lowest BCUT2D eigenvalue weighted by molar-refractivity contribution is -0.873. The van der Waals surface area contributed by atoms with Crippen LogP contribution in [0.1, 0.15) is 39.5 Å². The van der Waals surface area contributed by atoms with Crippen molar-refractivity contribution in [2.75, 3.05) is 27.7 Å². The number of aliphatic carboxylic acids is 1. The van der Waals surface area contributed by atoms with Crippen molar-refractivity contribution in [1.29, 1.82) is 0 Å². The van der Waals surface area contributed by atoms with Gasteiger partial charge in [-0.05, 0) is 6.42 Å². The molecule has 0 aliphatic carbocycles. The van der Waals surface area contributed by atoms with E-state index in [1.165, 1.54) is 0 Å². The normalized spacial score (nSPS) is 14.8. The molecule has 2 unspecified atom stereocenters. The van der Waals surface area contributed by atoms with Gasteiger partial charge >= 0.3 is 5.97 Å². The predicted octanol–water partition coefficient (Wildman–Crippen LogP) is 0.571. The zero-order valence-electron chi connectivity index (χ0n) is 12.8. The second-order valence-corrected chi connectivity index (χ2v) is 6.15. The summed E-state index contributed by atoms with van der Waals surface area (Å²) in [7, 11) is 5.78. The molecule has 0 aromatic heterocycles. The summed E-state index contributed by atoms with van der Waals surface area (Å²) in [5.74, 6) is -1.68. The molecule has 0 amide bonds. The molecule has 2 atom stereocenters. The smallest absolute Gasteiger partial charge is 0.309 e. The molecule has 0 aromatic carbocycles. The molecule has 0 aliphatic rings. The van der Waals surface area contributed by atoms with Gasteiger partial charge in [-0.25, -0.2) is 0 Å². The number of ether oxygens (including phenoxy) is 1. The number of rotatable bonds is 9. The molecule has 0 radical (unpaired) electrons. The van der Waals surface area contributed by atoms with Crippen LogP contribution in [0, 0.1) is 5.92 Å². The van der Waals surface area contributed by atoms with Crippen molar-refractivity contribution in [2.24, 2.45) is 5.92 Å². The minimum atomic E-state index is -1.19. The number of esters is 1. The molecule has 0 saturated carbocycles. The van der Waals surface area contributed by atoms with Crippen molar-refractivity contribution in [1.82, 2.24) is 0 Å². The fraction of sp³-hybridized carbons (Fsp3) is 0.857. The molecule has 19 heavy (non-hydrogen) atoms. The third-order valence-electron chi connectivity index (χ3n) is 2.82. The monoisotopic (exact) mass is 273 g/mol. The fourth-order valence-electron chi connectivity index (χ4n) is 1.85. The zero-order chi connectivity index (χ0) is 15.1. The molecule has 0 heterocycles. The van der Waals surface area contributed by atoms with E-state index in [1.807, 2.05) is 28.1 Å². The van der Waals surface area contributed by atoms with Crippen molar-refractivity contribution in [2.45, 2.75) is 45.6 Å². The lowest BCUT2D eigenvalue weighted by Crippen LogP contribution is -2.45. The van der Waals surface area contributed by atoms with Crippen LogP contribution in [-0.4, -0.2) is 50.2 Å². The Balaban J connectivity index is 4.45. The molecule has 0 bridgehead atoms. The molecule has 0 N–H and O–H groups in total. The third kappa shape index (κ3) is 9.47. The molecular formula is C14H27NO4. The number of carboxylic acids is 1. The van der Waals surface area contributed by atoms with Crippen LogP contribution in [-0.2, 0) is 14.3 Å². The number of unbranched alkanes of at least 4 members (excludes halogenated alkanes) is 1. The lowest BCUT2D eigenvalue weighted by Gasteiger charge is -2.29. The van der Waals surface area contributed by atoms with E-state index in [0.717, 1.165) is 19.3 Å². The van der Waals surface area contributed by atoms with Gasteiger partial charge in [0, 0.05) is 12.4 Å². The molecule has 0 rings (SSSR count). The Labute approximate surface area is 116 Å². The highest BCUT2D eigenvalue weighted by atomic mass is 16.5. The Morgan fingerprint density at radius 2 is 1.84 bits per heavy atom. The lowest BCUT2D eigenvalue weighted by atomic mass is 10.0. The number of carbonyl (C=O) groups is 2. The van der Waals surface area contributed by atoms with Gasteiger partial charge in [-0.3, -0.25) is 4.79 Å². The third-order valence-corrected chi connectivity index (χ3v) is 2.82. The van der Waals surface area contributed by atoms with Crippen LogP contribution >= 0.6 is 0 Å². The van der Waals surface area contributed by atoms with Gasteiger partial charge in [0.2, 0.25) is 0 Å². The zero-order valence-corrected chi connectivity index (χ0v) is 12.8. The van der Waals surface area contributed by atoms with Crippen LogP contribution in [0.5, 0.6) is 0 Å². The van der Waals surface area contributed by atoms with Crippen LogP contribution in [0.25, 0.3) is 0 Å². The topological polar surface area (TPSA) is 66.4 Å². The van der Waals surface area contributed by atoms with Crippen LogP contribution in [0.4, 0.5) is 0 Å². The standard InChI is InChI=1S/C14H27NO4/c1-6-7-8-11(2)14(18)19-12(9-13(16)17)10-15(3,4)5/h11-12H,6-10H2,1-5H3. The summed E-state index contributed by atoms with van der Waals surface area (Å²) >= 11 is 0. The Bertz CT molecular complexity index is 296. The number of hydrogen-bond donors (Lipinski definition) is 0. The maximum absolute atomic E-state index is 11.9. The molecule has 0 saturated heterocycles. The summed E-state index contributed by atoms with van der Waals surface area (Å²) in [5, 5.41) is 10.7. The van der Waals surface area contributed by atoms with E-state index in [0.29, 0.717) is 11.0 Å². The van der Waals surface area contributed by atoms with Gasteiger partial charge in [-0.1, -0.05) is 26.7 Å². The molecule has 0 spiro atoms. The van der Waals surface area contributed by atoms with Gasteiger partial charge in [0.05, 0.1) is 27.1 Å². The van der Waals surface area contributed by atoms with Crippen LogP contribution in [0.15, 0.2) is 0 Å². The molecule has 0 aliphatic heterocycles. The Morgan fingerprint density at radius 1 is 1.26 bits per heavy atom. The second-order valence-electron chi connectivity index (χ2n) is 6.15. The predicted molar refractivity (Wildman–Crippen MR) is 71.1 cm³/mol. The van der Waals surface area contributed by atoms with E-state index in [9.17, 15) is 14.7 Å². The number of carboxylic acid groups (broad SMARTS) is 1. The van der Waals surface area contributed by atoms with E-state index < -0.39 is 12.1 Å². The maximum atomic E-state index is 11.9. The van der Waals surface area contributed by atoms with Crippen LogP contribution in [0.3, 0.4) is 0 Å². The molecular weight excluding hydrogens is 246 g/mol. The van der Waals surface area contributed by atoms with Crippen molar-refractivity contribution >= 4 is 11.9 Å². The van der Waals surface area contributed by atoms with Crippen molar-refractivity contribution in [3.05, 3.63) is 0 Å². The van der Waals surface area contributed by atoms with E-state index in [-0.39, 0.29) is 18.3 Å². The number of carbonyl (C=O) groups excluding carboxylic acids is 2. The number of hydrogen-bond acceptors (Lipinski definition) is 4. The quantitative estimate of drug-likeness (QED) is 0.455. The second kappa shape index (κ2) is 8.15. The van der Waals surface area contributed by atoms with E-state index in [2.05, 4.69) is 6.92 Å². The number of likely N-dealkylation sites (N-methyl/N-ethyl adjacent to an activating group) is 1. The first-order valence-corrected chi connectivity index (χ1v) is 6.86. The molecule has 0 fully saturated rings. The number of nitrogens with zero attached hydrogens (tertiary/aromatic N) is 1. The summed E-state index contributed by atoms with van der Waals surface area (Å²) in [4.78, 5) is 22.6. The highest BCUT2D eigenvalue weighted by Gasteiger charge is 2.24. The summed E-state index contributed by atoms with van der Waals surface area (Å²) in [6, 6.07) is 0. The van der Waals surface area contributed by atoms with E-state index >= 15 is 0 Å². The average molecular weight is 273 g/mol. The Morgan fingerprint density at radius 3 is 2.26 bits per heavy atom. The molecule has 5 heteroatoms. The van der Waals surface area contributed by atoms with Gasteiger partial charge in [0.15, 0.2) is 6.10 Å². The fourth-order valence-corrected chi connectivity index (χ4v) is 1.85. The van der Waals surface area contributed by atoms with Gasteiger partial charge < -0.3 is 19.1 Å². The molecule has 0 aromatic rings. The van der Waals surface area contributed by atoms with Crippen molar-refractivity contribution in [3.63, 3.8) is 0 Å². The largest absolute Gasteiger partial charge is 0.550 e. The van der Waals surface area contributed by atoms with E-state index in [1.54, 1.807) is 0 Å². The minimum absolute atomic E-state index is 0.184. The highest BCUT2D eigenvalue weighted by Crippen LogP contribution is 2.13. The van der Waals surface area contributed by atoms with Crippen LogP contribution < -0.4 is 5.11 Å². The Hall–Kier alpha value is -1.10. The van der Waals surface area contributed by atoms with Gasteiger partial charge in [-0.15, -0.1) is 0 Å². The first-order valence-electron chi connectivity index (χ1n) is 6.86. The van der Waals surface area contributed by atoms with Gasteiger partial charge in [-0.2, -0.15) is 0 Å². The summed E-state index contributed by atoms with van der Waals surface area (Å²) in [6.07, 6.45) is 1.90. The average Bonchev–Trinajstić information content (AvgIpc) is 2.22. The summed E-state index contributed by atoms with van der Waals surface area (Å²) < 4.78 is 5.86. The van der Waals surface area contributed by atoms with Gasteiger partial charge in [0.25, 0.3) is 0 Å². The molecule has 5 nitrogen and oxygen atoms in total. The van der Waals surface area contributed by atoms with Crippen molar-refractivity contribution < 1.29 is 23.9 Å². The Kier molecular flexibility index (Phi) is 7.68. The maximum Gasteiger partial charge on any atom is 0.309 e. The first-order chi connectivity index (χ1) is 8.65. The van der Waals surface area contributed by atoms with Gasteiger partial charge in [0.1, 0.15) is 6.54 Å². The minimum Gasteiger partial charge on any atom is -0.550 e. The SMILES string of the molecule is CCCCC(C)C(=O)OC(CC(=O)[O-])C[N+](C)(C)C. The molecule has 112 valence electrons. The summed E-state index contributed by atoms with van der Waals surface area (Å²) in [6.45, 7) is 4.34. The summed E-state index contributed by atoms with van der Waals surface area (Å²) in [5.41, 5.74) is 0. The highest BCUT2D eigenvalue weighted by molar-refractivity contribution is 5.73. The number of quaternary nitrogens is 1. The van der Waals surface area contributed by atoms with Crippen LogP contribution in [0.2, 0.25) is 0 Å². The van der Waals surface area contributed by atoms with Crippen molar-refractivity contribution in [3.8, 4) is 0 Å². The van der Waals surface area contributed by atoms with E-state index in [4.69, 9.17) is 4.74 Å².